The summed E-state index contributed by atoms with van der Waals surface area (Å²) in [5, 5.41) is 0. The van der Waals surface area contributed by atoms with Crippen LogP contribution in [0.4, 0.5) is 0 Å². The predicted octanol–water partition coefficient (Wildman–Crippen LogP) is 3.89. The van der Waals surface area contributed by atoms with Gasteiger partial charge in [-0.1, -0.05) is 27.2 Å². The quantitative estimate of drug-likeness (QED) is 0.686. The molecule has 110 valence electrons. The Labute approximate surface area is 117 Å². The molecule has 0 aromatic carbocycles. The van der Waals surface area contributed by atoms with Gasteiger partial charge in [0.05, 0.1) is 6.42 Å². The molecular weight excluding hydrogens is 240 g/mol. The Kier molecular flexibility index (Phi) is 6.02. The first-order chi connectivity index (χ1) is 8.84. The number of Topliss-reactive ketones (excluding diaryl/α,β-unsaturated/α-hetero) is 1. The molecule has 0 aromatic heterocycles. The first-order valence-electron chi connectivity index (χ1n) is 7.55. The first kappa shape index (κ1) is 16.2. The van der Waals surface area contributed by atoms with Crippen molar-refractivity contribution in [3.05, 3.63) is 0 Å². The molecule has 1 aliphatic carbocycles. The fourth-order valence-electron chi connectivity index (χ4n) is 2.94. The molecule has 2 unspecified atom stereocenters. The van der Waals surface area contributed by atoms with Gasteiger partial charge in [0, 0.05) is 12.8 Å². The molecule has 3 nitrogen and oxygen atoms in total. The fourth-order valence-corrected chi connectivity index (χ4v) is 2.94. The van der Waals surface area contributed by atoms with Crippen molar-refractivity contribution in [2.24, 2.45) is 11.3 Å². The van der Waals surface area contributed by atoms with Crippen LogP contribution in [0.3, 0.4) is 0 Å². The minimum absolute atomic E-state index is 0.0243. The molecule has 0 N–H and O–H groups in total. The molecule has 0 aromatic rings. The molecule has 0 bridgehead atoms. The van der Waals surface area contributed by atoms with Crippen molar-refractivity contribution in [3.8, 4) is 0 Å². The number of carbonyl (C=O) groups excluding carboxylic acids is 2. The lowest BCUT2D eigenvalue weighted by Crippen LogP contribution is -2.32. The highest BCUT2D eigenvalue weighted by Crippen LogP contribution is 2.40. The van der Waals surface area contributed by atoms with E-state index in [1.807, 2.05) is 13.8 Å². The highest BCUT2D eigenvalue weighted by Gasteiger charge is 2.32. The zero-order valence-electron chi connectivity index (χ0n) is 12.8. The van der Waals surface area contributed by atoms with E-state index in [0.29, 0.717) is 24.2 Å². The zero-order chi connectivity index (χ0) is 14.5. The summed E-state index contributed by atoms with van der Waals surface area (Å²) in [6, 6.07) is 0. The molecule has 2 atom stereocenters. The van der Waals surface area contributed by atoms with E-state index in [1.165, 1.54) is 12.8 Å². The van der Waals surface area contributed by atoms with Crippen molar-refractivity contribution >= 4 is 11.8 Å². The van der Waals surface area contributed by atoms with Crippen LogP contribution in [0.2, 0.25) is 0 Å². The lowest BCUT2D eigenvalue weighted by atomic mass is 9.71. The van der Waals surface area contributed by atoms with E-state index in [4.69, 9.17) is 4.74 Å². The minimum atomic E-state index is -0.224. The van der Waals surface area contributed by atoms with Crippen molar-refractivity contribution in [2.75, 3.05) is 0 Å². The second kappa shape index (κ2) is 7.06. The molecule has 1 fully saturated rings. The fraction of sp³-hybridized carbons (Fsp3) is 0.875. The normalized spacial score (nSPS) is 23.7. The monoisotopic (exact) mass is 268 g/mol. The number of hydrogen-bond donors (Lipinski definition) is 0. The molecule has 0 heterocycles. The van der Waals surface area contributed by atoms with Gasteiger partial charge in [-0.15, -0.1) is 0 Å². The number of ketones is 1. The van der Waals surface area contributed by atoms with E-state index in [2.05, 4.69) is 13.8 Å². The number of ether oxygens (including phenoxy) is 1. The molecule has 3 heteroatoms. The van der Waals surface area contributed by atoms with E-state index in [9.17, 15) is 9.59 Å². The summed E-state index contributed by atoms with van der Waals surface area (Å²) in [4.78, 5) is 22.9. The second-order valence-electron chi connectivity index (χ2n) is 6.61. The maximum Gasteiger partial charge on any atom is 0.306 e. The van der Waals surface area contributed by atoms with Gasteiger partial charge in [0.25, 0.3) is 0 Å². The topological polar surface area (TPSA) is 43.4 Å². The highest BCUT2D eigenvalue weighted by atomic mass is 16.5. The third-order valence-corrected chi connectivity index (χ3v) is 4.23. The smallest absolute Gasteiger partial charge is 0.306 e. The molecule has 19 heavy (non-hydrogen) atoms. The van der Waals surface area contributed by atoms with Gasteiger partial charge in [-0.25, -0.2) is 0 Å². The molecule has 0 aliphatic heterocycles. The molecule has 1 rings (SSSR count). The van der Waals surface area contributed by atoms with Crippen LogP contribution < -0.4 is 0 Å². The second-order valence-corrected chi connectivity index (χ2v) is 6.61. The summed E-state index contributed by atoms with van der Waals surface area (Å²) in [5.41, 5.74) is 0.363. The van der Waals surface area contributed by atoms with Crippen molar-refractivity contribution < 1.29 is 14.3 Å². The SMILES string of the molecule is CCC(=O)CCC(=O)OC(C)C1CCCC(C)(C)C1. The highest BCUT2D eigenvalue weighted by molar-refractivity contribution is 5.82. The zero-order valence-corrected chi connectivity index (χ0v) is 12.8. The Hall–Kier alpha value is -0.860. The summed E-state index contributed by atoms with van der Waals surface area (Å²) in [5.74, 6) is 0.371. The van der Waals surface area contributed by atoms with Crippen LogP contribution in [-0.2, 0) is 14.3 Å². The van der Waals surface area contributed by atoms with Gasteiger partial charge in [0.2, 0.25) is 0 Å². The maximum absolute atomic E-state index is 11.7. The van der Waals surface area contributed by atoms with Crippen molar-refractivity contribution in [1.29, 1.82) is 0 Å². The van der Waals surface area contributed by atoms with E-state index in [1.54, 1.807) is 0 Å². The predicted molar refractivity (Wildman–Crippen MR) is 75.8 cm³/mol. The van der Waals surface area contributed by atoms with Crippen LogP contribution in [0, 0.1) is 11.3 Å². The van der Waals surface area contributed by atoms with Crippen molar-refractivity contribution in [1.82, 2.24) is 0 Å². The van der Waals surface area contributed by atoms with Crippen LogP contribution in [0.25, 0.3) is 0 Å². The number of esters is 1. The van der Waals surface area contributed by atoms with Crippen LogP contribution in [0.1, 0.15) is 72.6 Å². The number of hydrogen-bond acceptors (Lipinski definition) is 3. The van der Waals surface area contributed by atoms with Crippen LogP contribution in [-0.4, -0.2) is 17.9 Å². The number of carbonyl (C=O) groups is 2. The van der Waals surface area contributed by atoms with Gasteiger partial charge in [-0.05, 0) is 37.5 Å². The molecule has 0 radical (unpaired) electrons. The average molecular weight is 268 g/mol. The van der Waals surface area contributed by atoms with Crippen molar-refractivity contribution in [3.63, 3.8) is 0 Å². The minimum Gasteiger partial charge on any atom is -0.462 e. The molecule has 0 saturated heterocycles. The summed E-state index contributed by atoms with van der Waals surface area (Å²) < 4.78 is 5.49. The molecule has 1 saturated carbocycles. The molecule has 0 spiro atoms. The van der Waals surface area contributed by atoms with Crippen LogP contribution in [0.15, 0.2) is 0 Å². The Morgan fingerprint density at radius 1 is 1.32 bits per heavy atom. The van der Waals surface area contributed by atoms with E-state index in [0.717, 1.165) is 12.8 Å². The lowest BCUT2D eigenvalue weighted by Gasteiger charge is -2.37. The summed E-state index contributed by atoms with van der Waals surface area (Å²) in [7, 11) is 0. The average Bonchev–Trinajstić information content (AvgIpc) is 2.34. The molecule has 1 aliphatic rings. The van der Waals surface area contributed by atoms with E-state index >= 15 is 0 Å². The number of rotatable bonds is 6. The standard InChI is InChI=1S/C16H28O3/c1-5-14(17)8-9-15(18)19-12(2)13-7-6-10-16(3,4)11-13/h12-13H,5-11H2,1-4H3. The lowest BCUT2D eigenvalue weighted by molar-refractivity contribution is -0.153. The Morgan fingerprint density at radius 2 is 2.00 bits per heavy atom. The van der Waals surface area contributed by atoms with Gasteiger partial charge in [-0.3, -0.25) is 9.59 Å². The molecule has 0 amide bonds. The first-order valence-corrected chi connectivity index (χ1v) is 7.55. The van der Waals surface area contributed by atoms with E-state index in [-0.39, 0.29) is 24.3 Å². The van der Waals surface area contributed by atoms with Gasteiger partial charge in [-0.2, -0.15) is 0 Å². The van der Waals surface area contributed by atoms with E-state index < -0.39 is 0 Å². The Morgan fingerprint density at radius 3 is 2.58 bits per heavy atom. The van der Waals surface area contributed by atoms with Gasteiger partial charge in [0.15, 0.2) is 0 Å². The summed E-state index contributed by atoms with van der Waals surface area (Å²) >= 11 is 0. The van der Waals surface area contributed by atoms with Crippen LogP contribution in [0.5, 0.6) is 0 Å². The van der Waals surface area contributed by atoms with Gasteiger partial charge in [0.1, 0.15) is 11.9 Å². The Balaban J connectivity index is 2.35. The van der Waals surface area contributed by atoms with Gasteiger partial charge < -0.3 is 4.74 Å². The largest absolute Gasteiger partial charge is 0.462 e. The maximum atomic E-state index is 11.7. The third-order valence-electron chi connectivity index (χ3n) is 4.23. The van der Waals surface area contributed by atoms with Crippen LogP contribution >= 0.6 is 0 Å². The molecular formula is C16H28O3. The van der Waals surface area contributed by atoms with Gasteiger partial charge >= 0.3 is 5.97 Å². The summed E-state index contributed by atoms with van der Waals surface area (Å²) in [6.45, 7) is 8.38. The third kappa shape index (κ3) is 5.75. The van der Waals surface area contributed by atoms with Crippen molar-refractivity contribution in [2.45, 2.75) is 78.7 Å². The Bertz CT molecular complexity index is 320. The summed E-state index contributed by atoms with van der Waals surface area (Å²) in [6.07, 6.45) is 5.76.